The van der Waals surface area contributed by atoms with Gasteiger partial charge in [0.15, 0.2) is 0 Å². The molecule has 118 valence electrons. The fraction of sp³-hybridized carbons (Fsp3) is 0.300. The molecule has 0 fully saturated rings. The van der Waals surface area contributed by atoms with Gasteiger partial charge in [0.25, 0.3) is 0 Å². The number of hydrogen-bond donors (Lipinski definition) is 2. The van der Waals surface area contributed by atoms with Crippen LogP contribution in [0, 0.1) is 13.8 Å². The highest BCUT2D eigenvalue weighted by molar-refractivity contribution is 5.88. The Kier molecular flexibility index (Phi) is 3.38. The molecule has 3 aromatic rings. The largest absolute Gasteiger partial charge is 0.497 e. The Morgan fingerprint density at radius 2 is 1.87 bits per heavy atom. The molecule has 2 N–H and O–H groups in total. The van der Waals surface area contributed by atoms with Gasteiger partial charge in [0.2, 0.25) is 0 Å². The van der Waals surface area contributed by atoms with Crippen molar-refractivity contribution in [3.8, 4) is 5.75 Å². The number of ether oxygens (including phenoxy) is 1. The second kappa shape index (κ2) is 5.43. The van der Waals surface area contributed by atoms with Gasteiger partial charge in [0, 0.05) is 23.1 Å². The average Bonchev–Trinajstić information content (AvgIpc) is 2.94. The molecule has 0 spiro atoms. The summed E-state index contributed by atoms with van der Waals surface area (Å²) in [6, 6.07) is 13.1. The van der Waals surface area contributed by atoms with Gasteiger partial charge in [0.1, 0.15) is 5.75 Å². The highest BCUT2D eigenvalue weighted by Crippen LogP contribution is 2.35. The van der Waals surface area contributed by atoms with Gasteiger partial charge < -0.3 is 15.0 Å². The van der Waals surface area contributed by atoms with E-state index in [1.54, 1.807) is 7.11 Å². The quantitative estimate of drug-likeness (QED) is 0.750. The van der Waals surface area contributed by atoms with E-state index >= 15 is 0 Å². The molecule has 23 heavy (non-hydrogen) atoms. The van der Waals surface area contributed by atoms with Crippen molar-refractivity contribution >= 4 is 10.9 Å². The molecule has 1 aliphatic rings. The molecule has 3 nitrogen and oxygen atoms in total. The number of H-pyrrole nitrogens is 1. The van der Waals surface area contributed by atoms with Crippen molar-refractivity contribution in [1.29, 1.82) is 0 Å². The third kappa shape index (κ3) is 2.32. The SMILES string of the molecule is COc1ccc(C2NCCc3c2[nH]c2c(C)cc(C)cc32)cc1. The van der Waals surface area contributed by atoms with Crippen LogP contribution in [0.25, 0.3) is 10.9 Å². The molecule has 0 radical (unpaired) electrons. The second-order valence-corrected chi connectivity index (χ2v) is 6.43. The summed E-state index contributed by atoms with van der Waals surface area (Å²) in [5.41, 5.74) is 7.98. The molecule has 3 heteroatoms. The Morgan fingerprint density at radius 3 is 2.61 bits per heavy atom. The number of aromatic amines is 1. The van der Waals surface area contributed by atoms with Crippen LogP contribution in [0.2, 0.25) is 0 Å². The van der Waals surface area contributed by atoms with Gasteiger partial charge in [-0.15, -0.1) is 0 Å². The van der Waals surface area contributed by atoms with Crippen LogP contribution in [-0.4, -0.2) is 18.6 Å². The van der Waals surface area contributed by atoms with Crippen molar-refractivity contribution in [3.05, 3.63) is 64.3 Å². The molecule has 1 aromatic heterocycles. The second-order valence-electron chi connectivity index (χ2n) is 6.43. The summed E-state index contributed by atoms with van der Waals surface area (Å²) in [5, 5.41) is 5.04. The zero-order valence-corrected chi connectivity index (χ0v) is 13.9. The lowest BCUT2D eigenvalue weighted by molar-refractivity contribution is 0.414. The minimum atomic E-state index is 0.219. The number of benzene rings is 2. The minimum Gasteiger partial charge on any atom is -0.497 e. The Morgan fingerprint density at radius 1 is 1.09 bits per heavy atom. The molecule has 0 saturated heterocycles. The summed E-state index contributed by atoms with van der Waals surface area (Å²) < 4.78 is 5.27. The average molecular weight is 306 g/mol. The summed E-state index contributed by atoms with van der Waals surface area (Å²) in [7, 11) is 1.70. The molecular formula is C20H22N2O. The summed E-state index contributed by atoms with van der Waals surface area (Å²) in [6.45, 7) is 5.37. The topological polar surface area (TPSA) is 37.0 Å². The molecular weight excluding hydrogens is 284 g/mol. The zero-order chi connectivity index (χ0) is 16.0. The first kappa shape index (κ1) is 14.3. The number of aryl methyl sites for hydroxylation is 2. The van der Waals surface area contributed by atoms with E-state index in [0.717, 1.165) is 18.7 Å². The molecule has 1 unspecified atom stereocenters. The van der Waals surface area contributed by atoms with Crippen molar-refractivity contribution in [2.45, 2.75) is 26.3 Å². The first-order valence-corrected chi connectivity index (χ1v) is 8.16. The van der Waals surface area contributed by atoms with E-state index in [4.69, 9.17) is 4.74 Å². The molecule has 1 atom stereocenters. The number of methoxy groups -OCH3 is 1. The Labute approximate surface area is 136 Å². The van der Waals surface area contributed by atoms with Crippen molar-refractivity contribution in [2.24, 2.45) is 0 Å². The van der Waals surface area contributed by atoms with E-state index in [2.05, 4.69) is 48.4 Å². The lowest BCUT2D eigenvalue weighted by Gasteiger charge is -2.25. The van der Waals surface area contributed by atoms with Gasteiger partial charge in [0.05, 0.1) is 13.2 Å². The maximum absolute atomic E-state index is 5.27. The minimum absolute atomic E-state index is 0.219. The highest BCUT2D eigenvalue weighted by Gasteiger charge is 2.25. The van der Waals surface area contributed by atoms with Crippen LogP contribution in [-0.2, 0) is 6.42 Å². The molecule has 0 bridgehead atoms. The molecule has 0 saturated carbocycles. The van der Waals surface area contributed by atoms with E-state index in [1.807, 2.05) is 12.1 Å². The molecule has 1 aliphatic heterocycles. The van der Waals surface area contributed by atoms with E-state index in [9.17, 15) is 0 Å². The standard InChI is InChI=1S/C20H22N2O/c1-12-10-13(2)18-17(11-12)16-8-9-21-19(20(16)22-18)14-4-6-15(23-3)7-5-14/h4-7,10-11,19,21-22H,8-9H2,1-3H3. The van der Waals surface area contributed by atoms with Gasteiger partial charge in [-0.3, -0.25) is 0 Å². The van der Waals surface area contributed by atoms with Crippen LogP contribution in [0.15, 0.2) is 36.4 Å². The zero-order valence-electron chi connectivity index (χ0n) is 13.9. The van der Waals surface area contributed by atoms with Crippen LogP contribution in [0.4, 0.5) is 0 Å². The molecule has 2 heterocycles. The molecule has 0 amide bonds. The van der Waals surface area contributed by atoms with Gasteiger partial charge in [-0.25, -0.2) is 0 Å². The van der Waals surface area contributed by atoms with Gasteiger partial charge in [-0.1, -0.05) is 23.8 Å². The van der Waals surface area contributed by atoms with Crippen molar-refractivity contribution in [1.82, 2.24) is 10.3 Å². The van der Waals surface area contributed by atoms with Gasteiger partial charge in [-0.05, 0) is 55.2 Å². The van der Waals surface area contributed by atoms with Gasteiger partial charge >= 0.3 is 0 Å². The van der Waals surface area contributed by atoms with E-state index in [0.29, 0.717) is 0 Å². The predicted molar refractivity (Wildman–Crippen MR) is 94.3 cm³/mol. The van der Waals surface area contributed by atoms with E-state index in [-0.39, 0.29) is 6.04 Å². The fourth-order valence-electron chi connectivity index (χ4n) is 3.77. The highest BCUT2D eigenvalue weighted by atomic mass is 16.5. The first-order valence-electron chi connectivity index (χ1n) is 8.16. The van der Waals surface area contributed by atoms with Crippen molar-refractivity contribution in [3.63, 3.8) is 0 Å². The van der Waals surface area contributed by atoms with Gasteiger partial charge in [-0.2, -0.15) is 0 Å². The summed E-state index contributed by atoms with van der Waals surface area (Å²) in [5.74, 6) is 0.896. The maximum Gasteiger partial charge on any atom is 0.118 e. The van der Waals surface area contributed by atoms with Crippen LogP contribution >= 0.6 is 0 Å². The molecule has 2 aromatic carbocycles. The smallest absolute Gasteiger partial charge is 0.118 e. The summed E-state index contributed by atoms with van der Waals surface area (Å²) in [6.07, 6.45) is 1.07. The van der Waals surface area contributed by atoms with Crippen molar-refractivity contribution < 1.29 is 4.74 Å². The maximum atomic E-state index is 5.27. The number of aromatic nitrogens is 1. The van der Waals surface area contributed by atoms with Crippen LogP contribution < -0.4 is 10.1 Å². The Balaban J connectivity index is 1.86. The molecule has 0 aliphatic carbocycles. The number of fused-ring (bicyclic) bond motifs is 3. The van der Waals surface area contributed by atoms with E-state index < -0.39 is 0 Å². The van der Waals surface area contributed by atoms with Crippen LogP contribution in [0.3, 0.4) is 0 Å². The third-order valence-electron chi connectivity index (χ3n) is 4.85. The molecule has 4 rings (SSSR count). The third-order valence-corrected chi connectivity index (χ3v) is 4.85. The van der Waals surface area contributed by atoms with Crippen LogP contribution in [0.5, 0.6) is 5.75 Å². The van der Waals surface area contributed by atoms with E-state index in [1.165, 1.54) is 38.9 Å². The Hall–Kier alpha value is -2.26. The Bertz CT molecular complexity index is 861. The lowest BCUT2D eigenvalue weighted by atomic mass is 9.93. The number of nitrogens with one attached hydrogen (secondary N) is 2. The normalized spacial score (nSPS) is 17.3. The summed E-state index contributed by atoms with van der Waals surface area (Å²) in [4.78, 5) is 3.69. The predicted octanol–water partition coefficient (Wildman–Crippen LogP) is 4.03. The van der Waals surface area contributed by atoms with Crippen LogP contribution in [0.1, 0.15) is 34.0 Å². The lowest BCUT2D eigenvalue weighted by Crippen LogP contribution is -2.30. The number of rotatable bonds is 2. The monoisotopic (exact) mass is 306 g/mol. The summed E-state index contributed by atoms with van der Waals surface area (Å²) >= 11 is 0. The first-order chi connectivity index (χ1) is 11.2. The van der Waals surface area contributed by atoms with Crippen molar-refractivity contribution in [2.75, 3.05) is 13.7 Å². The fourth-order valence-corrected chi connectivity index (χ4v) is 3.77. The number of hydrogen-bond acceptors (Lipinski definition) is 2.